The maximum absolute atomic E-state index is 5.31. The maximum Gasteiger partial charge on any atom is 0.216 e. The quantitative estimate of drug-likeness (QED) is 0.262. The van der Waals surface area contributed by atoms with Crippen LogP contribution >= 0.6 is 0 Å². The monoisotopic (exact) mass is 548 g/mol. The summed E-state index contributed by atoms with van der Waals surface area (Å²) in [6, 6.07) is 21.5. The number of dihydropyridines is 1. The molecule has 8 nitrogen and oxygen atoms in total. The van der Waals surface area contributed by atoms with Gasteiger partial charge in [0.1, 0.15) is 5.82 Å². The molecule has 2 aromatic heterocycles. The minimum atomic E-state index is 0.291. The molecule has 4 aromatic rings. The number of aromatic nitrogens is 3. The Balaban J connectivity index is 1.18. The summed E-state index contributed by atoms with van der Waals surface area (Å²) in [6.07, 6.45) is 10.7. The van der Waals surface area contributed by atoms with Gasteiger partial charge in [-0.15, -0.1) is 0 Å². The first-order valence-electron chi connectivity index (χ1n) is 14.1. The molecule has 3 heterocycles. The van der Waals surface area contributed by atoms with Gasteiger partial charge < -0.3 is 19.8 Å². The third-order valence-corrected chi connectivity index (χ3v) is 7.70. The lowest BCUT2D eigenvalue weighted by Crippen LogP contribution is -2.37. The molecule has 0 saturated heterocycles. The molecule has 0 amide bonds. The number of aliphatic imine (C=N–C) groups is 1. The van der Waals surface area contributed by atoms with Gasteiger partial charge in [0.15, 0.2) is 0 Å². The Kier molecular flexibility index (Phi) is 8.21. The molecular formula is C33H36N6O2. The number of nitrogens with one attached hydrogen (secondary N) is 2. The zero-order valence-electron chi connectivity index (χ0n) is 23.6. The third kappa shape index (κ3) is 6.56. The average molecular weight is 549 g/mol. The molecule has 2 aromatic carbocycles. The molecule has 210 valence electrons. The third-order valence-electron chi connectivity index (χ3n) is 7.70. The molecule has 8 heteroatoms. The Morgan fingerprint density at radius 2 is 1.68 bits per heavy atom. The van der Waals surface area contributed by atoms with E-state index in [4.69, 9.17) is 14.5 Å². The van der Waals surface area contributed by atoms with Crippen LogP contribution in [0.3, 0.4) is 0 Å². The van der Waals surface area contributed by atoms with Gasteiger partial charge in [-0.1, -0.05) is 48.6 Å². The van der Waals surface area contributed by atoms with Crippen LogP contribution in [-0.2, 0) is 26.2 Å². The van der Waals surface area contributed by atoms with E-state index in [2.05, 4.69) is 73.7 Å². The summed E-state index contributed by atoms with van der Waals surface area (Å²) in [5, 5.41) is 3.55. The van der Waals surface area contributed by atoms with Crippen LogP contribution in [0.5, 0.6) is 11.8 Å². The van der Waals surface area contributed by atoms with Crippen LogP contribution in [0.2, 0.25) is 0 Å². The second-order valence-corrected chi connectivity index (χ2v) is 10.6. The van der Waals surface area contributed by atoms with Gasteiger partial charge in [-0.05, 0) is 53.3 Å². The fraction of sp³-hybridized carbons (Fsp3) is 0.303. The zero-order chi connectivity index (χ0) is 28.0. The van der Waals surface area contributed by atoms with E-state index in [1.807, 2.05) is 36.6 Å². The van der Waals surface area contributed by atoms with Crippen molar-refractivity contribution >= 4 is 17.2 Å². The molecule has 41 heavy (non-hydrogen) atoms. The van der Waals surface area contributed by atoms with Crippen LogP contribution in [-0.4, -0.2) is 52.4 Å². The number of para-hydroxylation sites is 2. The molecule has 1 aliphatic carbocycles. The van der Waals surface area contributed by atoms with Crippen molar-refractivity contribution in [3.8, 4) is 11.8 Å². The molecule has 0 radical (unpaired) electrons. The highest BCUT2D eigenvalue weighted by Gasteiger charge is 2.27. The Morgan fingerprint density at radius 3 is 2.51 bits per heavy atom. The number of pyridine rings is 1. The van der Waals surface area contributed by atoms with E-state index >= 15 is 0 Å². The summed E-state index contributed by atoms with van der Waals surface area (Å²) >= 11 is 0. The van der Waals surface area contributed by atoms with Crippen molar-refractivity contribution in [2.45, 2.75) is 51.1 Å². The van der Waals surface area contributed by atoms with Crippen LogP contribution in [0.15, 0.2) is 89.5 Å². The predicted molar refractivity (Wildman–Crippen MR) is 162 cm³/mol. The van der Waals surface area contributed by atoms with Gasteiger partial charge in [-0.2, -0.15) is 4.98 Å². The van der Waals surface area contributed by atoms with E-state index in [0.717, 1.165) is 54.9 Å². The molecule has 0 fully saturated rings. The molecule has 6 rings (SSSR count). The average Bonchev–Trinajstić information content (AvgIpc) is 3.43. The summed E-state index contributed by atoms with van der Waals surface area (Å²) < 4.78 is 10.6. The summed E-state index contributed by atoms with van der Waals surface area (Å²) in [4.78, 5) is 19.9. The molecule has 0 saturated carbocycles. The highest BCUT2D eigenvalue weighted by Crippen LogP contribution is 2.29. The summed E-state index contributed by atoms with van der Waals surface area (Å²) in [5.41, 5.74) is 6.99. The lowest BCUT2D eigenvalue weighted by Gasteiger charge is -2.34. The van der Waals surface area contributed by atoms with Crippen LogP contribution in [0, 0.1) is 0 Å². The van der Waals surface area contributed by atoms with Crippen molar-refractivity contribution < 1.29 is 9.47 Å². The van der Waals surface area contributed by atoms with Crippen molar-refractivity contribution in [2.75, 3.05) is 14.2 Å². The lowest BCUT2D eigenvalue weighted by molar-refractivity contribution is 0.188. The number of allylic oxidation sites excluding steroid dienone is 1. The normalized spacial score (nSPS) is 18.0. The van der Waals surface area contributed by atoms with Gasteiger partial charge in [0.2, 0.25) is 11.8 Å². The van der Waals surface area contributed by atoms with Crippen LogP contribution < -0.4 is 14.8 Å². The second kappa shape index (κ2) is 12.5. The predicted octanol–water partition coefficient (Wildman–Crippen LogP) is 5.37. The number of benzene rings is 2. The number of rotatable bonds is 11. The Morgan fingerprint density at radius 1 is 0.878 bits per heavy atom. The molecule has 2 aliphatic rings. The van der Waals surface area contributed by atoms with Crippen molar-refractivity contribution in [3.05, 3.63) is 107 Å². The molecule has 0 spiro atoms. The topological polar surface area (TPSA) is 87.7 Å². The number of hydrogen-bond donors (Lipinski definition) is 2. The smallest absolute Gasteiger partial charge is 0.216 e. The first-order chi connectivity index (χ1) is 20.2. The minimum absolute atomic E-state index is 0.291. The number of hydrogen-bond acceptors (Lipinski definition) is 7. The Bertz CT molecular complexity index is 1530. The van der Waals surface area contributed by atoms with Crippen LogP contribution in [0.25, 0.3) is 11.0 Å². The molecule has 2 unspecified atom stereocenters. The van der Waals surface area contributed by atoms with Crippen molar-refractivity contribution in [2.24, 2.45) is 4.99 Å². The Hall–Kier alpha value is -4.27. The van der Waals surface area contributed by atoms with E-state index in [-0.39, 0.29) is 0 Å². The van der Waals surface area contributed by atoms with E-state index in [0.29, 0.717) is 30.4 Å². The fourth-order valence-corrected chi connectivity index (χ4v) is 5.66. The van der Waals surface area contributed by atoms with Crippen LogP contribution in [0.4, 0.5) is 0 Å². The van der Waals surface area contributed by atoms with E-state index in [9.17, 15) is 0 Å². The van der Waals surface area contributed by atoms with E-state index in [1.54, 1.807) is 14.2 Å². The van der Waals surface area contributed by atoms with Gasteiger partial charge in [0.05, 0.1) is 37.8 Å². The van der Waals surface area contributed by atoms with E-state index in [1.165, 1.54) is 16.7 Å². The van der Waals surface area contributed by atoms with Gasteiger partial charge in [0.25, 0.3) is 0 Å². The molecule has 2 atom stereocenters. The number of methoxy groups -OCH3 is 2. The first-order valence-corrected chi connectivity index (χ1v) is 14.1. The number of imidazole rings is 1. The van der Waals surface area contributed by atoms with Gasteiger partial charge in [-0.25, -0.2) is 4.98 Å². The fourth-order valence-electron chi connectivity index (χ4n) is 5.66. The largest absolute Gasteiger partial charge is 0.481 e. The summed E-state index contributed by atoms with van der Waals surface area (Å²) in [6.45, 7) is 3.01. The standard InChI is InChI=1S/C33H36N6O2/c1-40-32-16-25(17-33(38-32)41-2)20-34-19-23-7-5-8-24(15-23)21-39(22-31-36-29-10-3-4-11-30(29)37-31)27-12-13-28-26(18-27)9-6-14-35-28/h3-11,14-18,27-28,34H,12-13,19-22H2,1-2H3,(H,36,37). The number of aromatic amines is 1. The number of ether oxygens (including phenoxy) is 2. The van der Waals surface area contributed by atoms with Crippen molar-refractivity contribution in [1.82, 2.24) is 25.2 Å². The van der Waals surface area contributed by atoms with E-state index < -0.39 is 0 Å². The van der Waals surface area contributed by atoms with Gasteiger partial charge >= 0.3 is 0 Å². The molecular weight excluding hydrogens is 512 g/mol. The SMILES string of the molecule is COc1cc(CNCc2cccc(CN(Cc3nc4ccccc4[nH]3)C3C=C4C=CC=NC4CC3)c2)cc(OC)n1. The summed E-state index contributed by atoms with van der Waals surface area (Å²) in [5.74, 6) is 2.09. The van der Waals surface area contributed by atoms with Crippen LogP contribution in [0.1, 0.15) is 35.4 Å². The number of nitrogens with zero attached hydrogens (tertiary/aromatic N) is 4. The van der Waals surface area contributed by atoms with Gasteiger partial charge in [0, 0.05) is 44.0 Å². The number of H-pyrrole nitrogens is 1. The Labute approximate surface area is 240 Å². The molecule has 0 bridgehead atoms. The molecule has 1 aliphatic heterocycles. The second-order valence-electron chi connectivity index (χ2n) is 10.6. The first kappa shape index (κ1) is 26.9. The highest BCUT2D eigenvalue weighted by molar-refractivity contribution is 5.75. The minimum Gasteiger partial charge on any atom is -0.481 e. The highest BCUT2D eigenvalue weighted by atomic mass is 16.5. The molecule has 2 N–H and O–H groups in total. The maximum atomic E-state index is 5.31. The zero-order valence-corrected chi connectivity index (χ0v) is 23.6. The van der Waals surface area contributed by atoms with Crippen molar-refractivity contribution in [3.63, 3.8) is 0 Å². The lowest BCUT2D eigenvalue weighted by atomic mass is 9.89. The van der Waals surface area contributed by atoms with Gasteiger partial charge in [-0.3, -0.25) is 9.89 Å². The number of fused-ring (bicyclic) bond motifs is 2. The van der Waals surface area contributed by atoms with Crippen molar-refractivity contribution in [1.29, 1.82) is 0 Å². The summed E-state index contributed by atoms with van der Waals surface area (Å²) in [7, 11) is 3.23.